The number of sulfone groups is 1. The molecule has 1 aromatic carbocycles. The van der Waals surface area contributed by atoms with Crippen LogP contribution < -0.4 is 9.47 Å². The third kappa shape index (κ3) is 3.39. The molecule has 6 heteroatoms. The van der Waals surface area contributed by atoms with E-state index in [1.807, 2.05) is 0 Å². The van der Waals surface area contributed by atoms with Crippen LogP contribution in [0.5, 0.6) is 11.5 Å². The first-order chi connectivity index (χ1) is 8.91. The van der Waals surface area contributed by atoms with E-state index >= 15 is 0 Å². The van der Waals surface area contributed by atoms with Crippen molar-refractivity contribution in [3.05, 3.63) is 23.8 Å². The second-order valence-corrected chi connectivity index (χ2v) is 6.95. The van der Waals surface area contributed by atoms with Gasteiger partial charge >= 0.3 is 0 Å². The predicted molar refractivity (Wildman–Crippen MR) is 71.3 cm³/mol. The van der Waals surface area contributed by atoms with Crippen molar-refractivity contribution in [2.45, 2.75) is 25.6 Å². The van der Waals surface area contributed by atoms with Gasteiger partial charge in [-0.1, -0.05) is 0 Å². The molecule has 1 fully saturated rings. The lowest BCUT2D eigenvalue weighted by atomic mass is 10.1. The number of benzene rings is 1. The van der Waals surface area contributed by atoms with Crippen LogP contribution in [0.15, 0.2) is 18.2 Å². The Morgan fingerprint density at radius 1 is 1.42 bits per heavy atom. The van der Waals surface area contributed by atoms with Gasteiger partial charge in [0.25, 0.3) is 0 Å². The van der Waals surface area contributed by atoms with E-state index in [2.05, 4.69) is 0 Å². The summed E-state index contributed by atoms with van der Waals surface area (Å²) in [6, 6.07) is 5.13. The predicted octanol–water partition coefficient (Wildman–Crippen LogP) is 1.31. The molecule has 2 atom stereocenters. The molecule has 1 aromatic rings. The molecule has 0 amide bonds. The van der Waals surface area contributed by atoms with Gasteiger partial charge in [-0.05, 0) is 25.5 Å². The minimum atomic E-state index is -2.98. The van der Waals surface area contributed by atoms with E-state index < -0.39 is 15.9 Å². The Kier molecular flexibility index (Phi) is 4.01. The van der Waals surface area contributed by atoms with Crippen LogP contribution in [-0.4, -0.2) is 38.2 Å². The average molecular weight is 286 g/mol. The summed E-state index contributed by atoms with van der Waals surface area (Å²) in [5.41, 5.74) is 0.630. The van der Waals surface area contributed by atoms with E-state index in [1.54, 1.807) is 32.2 Å². The zero-order valence-electron chi connectivity index (χ0n) is 11.0. The highest BCUT2D eigenvalue weighted by Gasteiger charge is 2.30. The zero-order chi connectivity index (χ0) is 14.0. The minimum Gasteiger partial charge on any atom is -0.497 e. The van der Waals surface area contributed by atoms with Crippen molar-refractivity contribution in [3.63, 3.8) is 0 Å². The lowest BCUT2D eigenvalue weighted by Gasteiger charge is -2.18. The number of ether oxygens (including phenoxy) is 2. The van der Waals surface area contributed by atoms with Gasteiger partial charge < -0.3 is 14.6 Å². The van der Waals surface area contributed by atoms with Gasteiger partial charge in [0.1, 0.15) is 17.6 Å². The molecular formula is C13H18O5S. The number of hydrogen-bond donors (Lipinski definition) is 1. The van der Waals surface area contributed by atoms with Crippen molar-refractivity contribution in [3.8, 4) is 11.5 Å². The number of rotatable bonds is 4. The van der Waals surface area contributed by atoms with Crippen LogP contribution in [0, 0.1) is 0 Å². The van der Waals surface area contributed by atoms with Gasteiger partial charge in [-0.3, -0.25) is 0 Å². The van der Waals surface area contributed by atoms with Gasteiger partial charge in [0, 0.05) is 11.6 Å². The Morgan fingerprint density at radius 2 is 2.16 bits per heavy atom. The molecule has 106 valence electrons. The highest BCUT2D eigenvalue weighted by atomic mass is 32.2. The molecule has 2 rings (SSSR count). The Bertz CT molecular complexity index is 550. The molecular weight excluding hydrogens is 268 g/mol. The Balaban J connectivity index is 2.23. The maximum atomic E-state index is 11.4. The molecule has 2 unspecified atom stereocenters. The largest absolute Gasteiger partial charge is 0.497 e. The Hall–Kier alpha value is -1.27. The van der Waals surface area contributed by atoms with E-state index in [0.29, 0.717) is 23.5 Å². The minimum absolute atomic E-state index is 0.0312. The van der Waals surface area contributed by atoms with Gasteiger partial charge in [0.05, 0.1) is 24.7 Å². The van der Waals surface area contributed by atoms with Crippen LogP contribution in [0.25, 0.3) is 0 Å². The lowest BCUT2D eigenvalue weighted by Crippen LogP contribution is -2.18. The van der Waals surface area contributed by atoms with E-state index in [9.17, 15) is 13.5 Å². The highest BCUT2D eigenvalue weighted by molar-refractivity contribution is 7.91. The number of aliphatic hydroxyl groups excluding tert-OH is 1. The van der Waals surface area contributed by atoms with Crippen LogP contribution in [0.4, 0.5) is 0 Å². The van der Waals surface area contributed by atoms with Crippen molar-refractivity contribution >= 4 is 9.84 Å². The quantitative estimate of drug-likeness (QED) is 0.903. The molecule has 1 saturated heterocycles. The van der Waals surface area contributed by atoms with Crippen LogP contribution in [0.2, 0.25) is 0 Å². The summed E-state index contributed by atoms with van der Waals surface area (Å²) in [6.07, 6.45) is -0.549. The summed E-state index contributed by atoms with van der Waals surface area (Å²) in [5, 5.41) is 9.71. The molecule has 1 heterocycles. The Labute approximate surface area is 113 Å². The fourth-order valence-electron chi connectivity index (χ4n) is 2.12. The molecule has 0 aromatic heterocycles. The lowest BCUT2D eigenvalue weighted by molar-refractivity contribution is 0.179. The molecule has 0 aliphatic carbocycles. The fourth-order valence-corrected chi connectivity index (χ4v) is 3.71. The molecule has 5 nitrogen and oxygen atoms in total. The van der Waals surface area contributed by atoms with E-state index in [4.69, 9.17) is 9.47 Å². The van der Waals surface area contributed by atoms with Crippen molar-refractivity contribution < 1.29 is 23.0 Å². The van der Waals surface area contributed by atoms with Crippen molar-refractivity contribution in [2.75, 3.05) is 18.6 Å². The summed E-state index contributed by atoms with van der Waals surface area (Å²) in [4.78, 5) is 0. The standard InChI is InChI=1S/C13H18O5S/c1-9(14)12-4-3-10(17-2)7-13(12)18-11-5-6-19(15,16)8-11/h3-4,7,9,11,14H,5-6,8H2,1-2H3. The molecule has 1 aliphatic rings. The topological polar surface area (TPSA) is 72.8 Å². The monoisotopic (exact) mass is 286 g/mol. The molecule has 0 spiro atoms. The number of aliphatic hydroxyl groups is 1. The smallest absolute Gasteiger partial charge is 0.154 e. The number of hydrogen-bond acceptors (Lipinski definition) is 5. The second-order valence-electron chi connectivity index (χ2n) is 4.72. The summed E-state index contributed by atoms with van der Waals surface area (Å²) in [5.74, 6) is 1.28. The molecule has 19 heavy (non-hydrogen) atoms. The summed E-state index contributed by atoms with van der Waals surface area (Å²) in [6.45, 7) is 1.64. The normalized spacial score (nSPS) is 23.0. The van der Waals surface area contributed by atoms with Crippen molar-refractivity contribution in [1.82, 2.24) is 0 Å². The summed E-state index contributed by atoms with van der Waals surface area (Å²) < 4.78 is 33.7. The molecule has 0 bridgehead atoms. The molecule has 0 radical (unpaired) electrons. The zero-order valence-corrected chi connectivity index (χ0v) is 11.8. The van der Waals surface area contributed by atoms with Crippen molar-refractivity contribution in [2.24, 2.45) is 0 Å². The maximum absolute atomic E-state index is 11.4. The van der Waals surface area contributed by atoms with Gasteiger partial charge in [-0.25, -0.2) is 8.42 Å². The number of methoxy groups -OCH3 is 1. The fraction of sp³-hybridized carbons (Fsp3) is 0.538. The average Bonchev–Trinajstić information content (AvgIpc) is 2.68. The summed E-state index contributed by atoms with van der Waals surface area (Å²) >= 11 is 0. The first-order valence-corrected chi connectivity index (χ1v) is 7.96. The van der Waals surface area contributed by atoms with E-state index in [1.165, 1.54) is 0 Å². The van der Waals surface area contributed by atoms with Crippen LogP contribution in [0.3, 0.4) is 0 Å². The van der Waals surface area contributed by atoms with E-state index in [0.717, 1.165) is 0 Å². The second kappa shape index (κ2) is 5.38. The first kappa shape index (κ1) is 14.1. The summed E-state index contributed by atoms with van der Waals surface area (Å²) in [7, 11) is -1.44. The molecule has 1 N–H and O–H groups in total. The third-order valence-corrected chi connectivity index (χ3v) is 4.89. The highest BCUT2D eigenvalue weighted by Crippen LogP contribution is 2.31. The third-order valence-electron chi connectivity index (χ3n) is 3.16. The SMILES string of the molecule is COc1ccc(C(C)O)c(OC2CCS(=O)(=O)C2)c1. The van der Waals surface area contributed by atoms with Crippen LogP contribution >= 0.6 is 0 Å². The van der Waals surface area contributed by atoms with Gasteiger partial charge in [0.15, 0.2) is 9.84 Å². The van der Waals surface area contributed by atoms with E-state index in [-0.39, 0.29) is 17.6 Å². The van der Waals surface area contributed by atoms with Gasteiger partial charge in [0.2, 0.25) is 0 Å². The van der Waals surface area contributed by atoms with Gasteiger partial charge in [-0.15, -0.1) is 0 Å². The van der Waals surface area contributed by atoms with Crippen LogP contribution in [0.1, 0.15) is 25.0 Å². The van der Waals surface area contributed by atoms with Crippen molar-refractivity contribution in [1.29, 1.82) is 0 Å². The molecule has 0 saturated carbocycles. The Morgan fingerprint density at radius 3 is 2.68 bits per heavy atom. The maximum Gasteiger partial charge on any atom is 0.154 e. The van der Waals surface area contributed by atoms with Gasteiger partial charge in [-0.2, -0.15) is 0 Å². The van der Waals surface area contributed by atoms with Crippen LogP contribution in [-0.2, 0) is 9.84 Å². The molecule has 1 aliphatic heterocycles. The first-order valence-electron chi connectivity index (χ1n) is 6.14.